The Morgan fingerprint density at radius 2 is 2.06 bits per heavy atom. The van der Waals surface area contributed by atoms with Crippen LogP contribution in [0, 0.1) is 0 Å². The van der Waals surface area contributed by atoms with E-state index in [0.29, 0.717) is 0 Å². The first-order valence-corrected chi connectivity index (χ1v) is 7.79. The molecule has 1 saturated carbocycles. The highest BCUT2D eigenvalue weighted by Crippen LogP contribution is 2.29. The Bertz CT molecular complexity index is 293. The molecule has 0 atom stereocenters. The van der Waals surface area contributed by atoms with Crippen LogP contribution in [-0.2, 0) is 6.54 Å². The summed E-state index contributed by atoms with van der Waals surface area (Å²) in [7, 11) is 0. The Morgan fingerprint density at radius 3 is 2.71 bits per heavy atom. The summed E-state index contributed by atoms with van der Waals surface area (Å²) in [5.41, 5.74) is 7.00. The number of nitrogens with zero attached hydrogens (tertiary/aromatic N) is 1. The Kier molecular flexibility index (Phi) is 5.49. The van der Waals surface area contributed by atoms with Gasteiger partial charge in [-0.2, -0.15) is 11.3 Å². The molecule has 1 aliphatic carbocycles. The van der Waals surface area contributed by atoms with E-state index < -0.39 is 0 Å². The van der Waals surface area contributed by atoms with Crippen LogP contribution < -0.4 is 5.73 Å². The van der Waals surface area contributed by atoms with Crippen molar-refractivity contribution in [2.45, 2.75) is 51.1 Å². The summed E-state index contributed by atoms with van der Waals surface area (Å²) in [5, 5.41) is 4.46. The van der Waals surface area contributed by atoms with Gasteiger partial charge in [0.15, 0.2) is 0 Å². The second kappa shape index (κ2) is 7.14. The predicted molar refractivity (Wildman–Crippen MR) is 75.3 cm³/mol. The van der Waals surface area contributed by atoms with Crippen LogP contribution in [0.3, 0.4) is 0 Å². The zero-order valence-corrected chi connectivity index (χ0v) is 11.4. The highest BCUT2D eigenvalue weighted by molar-refractivity contribution is 7.07. The first kappa shape index (κ1) is 13.1. The van der Waals surface area contributed by atoms with Gasteiger partial charge in [-0.3, -0.25) is 4.90 Å². The number of hydrogen-bond donors (Lipinski definition) is 1. The van der Waals surface area contributed by atoms with Crippen molar-refractivity contribution in [3.63, 3.8) is 0 Å². The molecule has 1 aliphatic rings. The first-order chi connectivity index (χ1) is 8.40. The topological polar surface area (TPSA) is 29.3 Å². The van der Waals surface area contributed by atoms with Crippen molar-refractivity contribution in [2.75, 3.05) is 13.1 Å². The third-order valence-electron chi connectivity index (χ3n) is 3.43. The number of nitrogens with two attached hydrogens (primary N) is 1. The molecule has 2 N–H and O–H groups in total. The molecule has 96 valence electrons. The molecule has 2 nitrogen and oxygen atoms in total. The van der Waals surface area contributed by atoms with Crippen molar-refractivity contribution in [3.05, 3.63) is 22.4 Å². The van der Waals surface area contributed by atoms with E-state index in [-0.39, 0.29) is 0 Å². The third kappa shape index (κ3) is 4.78. The van der Waals surface area contributed by atoms with Gasteiger partial charge in [0.05, 0.1) is 0 Å². The van der Waals surface area contributed by atoms with Gasteiger partial charge in [-0.15, -0.1) is 0 Å². The molecule has 2 rings (SSSR count). The fraction of sp³-hybridized carbons (Fsp3) is 0.714. The maximum absolute atomic E-state index is 5.51. The van der Waals surface area contributed by atoms with Gasteiger partial charge in [0.2, 0.25) is 0 Å². The average Bonchev–Trinajstić information content (AvgIpc) is 3.06. The Balaban J connectivity index is 1.66. The quantitative estimate of drug-likeness (QED) is 0.684. The zero-order valence-electron chi connectivity index (χ0n) is 10.6. The molecule has 1 aromatic heterocycles. The van der Waals surface area contributed by atoms with Crippen LogP contribution in [0.1, 0.15) is 44.1 Å². The van der Waals surface area contributed by atoms with E-state index in [1.807, 2.05) is 11.3 Å². The van der Waals surface area contributed by atoms with Crippen LogP contribution in [0.5, 0.6) is 0 Å². The van der Waals surface area contributed by atoms with Gasteiger partial charge in [0.1, 0.15) is 0 Å². The van der Waals surface area contributed by atoms with E-state index >= 15 is 0 Å². The number of unbranched alkanes of at least 4 members (excludes halogenated alkanes) is 3. The van der Waals surface area contributed by atoms with Gasteiger partial charge in [-0.1, -0.05) is 12.8 Å². The standard InChI is InChI=1S/C14H24N2S/c15-8-3-1-2-4-9-16(14-5-6-14)11-13-7-10-17-12-13/h7,10,12,14H,1-6,8-9,11,15H2. The van der Waals surface area contributed by atoms with Crippen LogP contribution in [0.4, 0.5) is 0 Å². The Labute approximate surface area is 109 Å². The molecule has 1 fully saturated rings. The SMILES string of the molecule is NCCCCCCN(Cc1ccsc1)C1CC1. The normalized spacial score (nSPS) is 15.6. The molecule has 0 radical (unpaired) electrons. The van der Waals surface area contributed by atoms with E-state index in [1.165, 1.54) is 50.6 Å². The van der Waals surface area contributed by atoms with Crippen LogP contribution in [0.25, 0.3) is 0 Å². The van der Waals surface area contributed by atoms with Crippen LogP contribution in [0.15, 0.2) is 16.8 Å². The summed E-state index contributed by atoms with van der Waals surface area (Å²) in [6, 6.07) is 3.14. The number of hydrogen-bond acceptors (Lipinski definition) is 3. The lowest BCUT2D eigenvalue weighted by atomic mass is 10.2. The lowest BCUT2D eigenvalue weighted by molar-refractivity contribution is 0.248. The summed E-state index contributed by atoms with van der Waals surface area (Å²) in [6.45, 7) is 3.28. The van der Waals surface area contributed by atoms with Crippen molar-refractivity contribution in [1.82, 2.24) is 4.90 Å². The van der Waals surface area contributed by atoms with Crippen molar-refractivity contribution in [2.24, 2.45) is 5.73 Å². The van der Waals surface area contributed by atoms with Crippen molar-refractivity contribution < 1.29 is 0 Å². The van der Waals surface area contributed by atoms with Crippen LogP contribution in [-0.4, -0.2) is 24.0 Å². The number of rotatable bonds is 9. The summed E-state index contributed by atoms with van der Waals surface area (Å²) >= 11 is 1.81. The molecule has 0 unspecified atom stereocenters. The molecule has 17 heavy (non-hydrogen) atoms. The predicted octanol–water partition coefficient (Wildman–Crippen LogP) is 3.23. The van der Waals surface area contributed by atoms with E-state index in [4.69, 9.17) is 5.73 Å². The van der Waals surface area contributed by atoms with Crippen LogP contribution >= 0.6 is 11.3 Å². The van der Waals surface area contributed by atoms with Gasteiger partial charge in [0.25, 0.3) is 0 Å². The maximum atomic E-state index is 5.51. The van der Waals surface area contributed by atoms with E-state index in [0.717, 1.165) is 19.1 Å². The number of thiophene rings is 1. The molecule has 0 saturated heterocycles. The third-order valence-corrected chi connectivity index (χ3v) is 4.16. The van der Waals surface area contributed by atoms with Crippen molar-refractivity contribution in [3.8, 4) is 0 Å². The van der Waals surface area contributed by atoms with Crippen LogP contribution in [0.2, 0.25) is 0 Å². The highest BCUT2D eigenvalue weighted by atomic mass is 32.1. The Hall–Kier alpha value is -0.380. The smallest absolute Gasteiger partial charge is 0.0244 e. The summed E-state index contributed by atoms with van der Waals surface area (Å²) in [5.74, 6) is 0. The molecule has 3 heteroatoms. The minimum atomic E-state index is 0.848. The van der Waals surface area contributed by atoms with Gasteiger partial charge in [-0.05, 0) is 61.2 Å². The average molecular weight is 252 g/mol. The van der Waals surface area contributed by atoms with E-state index in [9.17, 15) is 0 Å². The molecular formula is C14H24N2S. The second-order valence-electron chi connectivity index (χ2n) is 5.04. The highest BCUT2D eigenvalue weighted by Gasteiger charge is 2.28. The van der Waals surface area contributed by atoms with E-state index in [2.05, 4.69) is 21.7 Å². The summed E-state index contributed by atoms with van der Waals surface area (Å²) in [6.07, 6.45) is 7.98. The van der Waals surface area contributed by atoms with Gasteiger partial charge < -0.3 is 5.73 Å². The fourth-order valence-corrected chi connectivity index (χ4v) is 2.92. The van der Waals surface area contributed by atoms with Crippen molar-refractivity contribution >= 4 is 11.3 Å². The summed E-state index contributed by atoms with van der Waals surface area (Å²) < 4.78 is 0. The minimum Gasteiger partial charge on any atom is -0.330 e. The molecule has 0 aromatic carbocycles. The molecule has 1 heterocycles. The zero-order chi connectivity index (χ0) is 11.9. The second-order valence-corrected chi connectivity index (χ2v) is 5.82. The lowest BCUT2D eigenvalue weighted by Gasteiger charge is -2.21. The largest absolute Gasteiger partial charge is 0.330 e. The molecular weight excluding hydrogens is 228 g/mol. The lowest BCUT2D eigenvalue weighted by Crippen LogP contribution is -2.26. The Morgan fingerprint density at radius 1 is 1.24 bits per heavy atom. The van der Waals surface area contributed by atoms with Gasteiger partial charge >= 0.3 is 0 Å². The monoisotopic (exact) mass is 252 g/mol. The van der Waals surface area contributed by atoms with Crippen molar-refractivity contribution in [1.29, 1.82) is 0 Å². The molecule has 0 aliphatic heterocycles. The first-order valence-electron chi connectivity index (χ1n) is 6.85. The minimum absolute atomic E-state index is 0.848. The fourth-order valence-electron chi connectivity index (χ4n) is 2.26. The molecule has 0 bridgehead atoms. The van der Waals surface area contributed by atoms with Gasteiger partial charge in [0, 0.05) is 12.6 Å². The van der Waals surface area contributed by atoms with Gasteiger partial charge in [-0.25, -0.2) is 0 Å². The molecule has 0 spiro atoms. The van der Waals surface area contributed by atoms with E-state index in [1.54, 1.807) is 0 Å². The maximum Gasteiger partial charge on any atom is 0.0244 e. The molecule has 1 aromatic rings. The molecule has 0 amide bonds. The summed E-state index contributed by atoms with van der Waals surface area (Å²) in [4.78, 5) is 2.67.